The predicted octanol–water partition coefficient (Wildman–Crippen LogP) is 0.527. The van der Waals surface area contributed by atoms with Crippen LogP contribution < -0.4 is 5.32 Å². The topological polar surface area (TPSA) is 21.3 Å². The molecule has 0 spiro atoms. The molecule has 52 valence electrons. The second-order valence-electron chi connectivity index (χ2n) is 3.44. The summed E-state index contributed by atoms with van der Waals surface area (Å²) in [4.78, 5) is 0. The van der Waals surface area contributed by atoms with Gasteiger partial charge in [0, 0.05) is 5.54 Å². The minimum Gasteiger partial charge on any atom is -0.378 e. The molecule has 0 unspecified atom stereocenters. The molecule has 1 aliphatic heterocycles. The summed E-state index contributed by atoms with van der Waals surface area (Å²) < 4.78 is 5.05. The highest BCUT2D eigenvalue weighted by Gasteiger charge is 2.40. The molecule has 2 nitrogen and oxygen atoms in total. The summed E-state index contributed by atoms with van der Waals surface area (Å²) in [5, 5.41) is 3.54. The van der Waals surface area contributed by atoms with Crippen molar-refractivity contribution >= 4 is 0 Å². The third kappa shape index (κ3) is 1.10. The molecular weight excluding hydrogens is 114 g/mol. The van der Waals surface area contributed by atoms with Gasteiger partial charge in [0.1, 0.15) is 0 Å². The van der Waals surface area contributed by atoms with Crippen LogP contribution in [0.15, 0.2) is 0 Å². The molecule has 0 radical (unpaired) electrons. The normalized spacial score (nSPS) is 31.7. The second-order valence-corrected chi connectivity index (χ2v) is 3.44. The van der Waals surface area contributed by atoms with Crippen molar-refractivity contribution in [2.75, 3.05) is 13.2 Å². The highest BCUT2D eigenvalue weighted by molar-refractivity contribution is 5.00. The van der Waals surface area contributed by atoms with Crippen LogP contribution in [0.5, 0.6) is 0 Å². The lowest BCUT2D eigenvalue weighted by Crippen LogP contribution is -2.50. The number of hydrogen-bond donors (Lipinski definition) is 1. The summed E-state index contributed by atoms with van der Waals surface area (Å²) in [6, 6.07) is 0.664. The first-order valence-corrected chi connectivity index (χ1v) is 3.64. The Labute approximate surface area is 55.6 Å². The van der Waals surface area contributed by atoms with E-state index in [2.05, 4.69) is 12.2 Å². The van der Waals surface area contributed by atoms with Crippen LogP contribution in [-0.4, -0.2) is 24.8 Å². The molecule has 1 saturated carbocycles. The van der Waals surface area contributed by atoms with Gasteiger partial charge in [-0.15, -0.1) is 0 Å². The van der Waals surface area contributed by atoms with Gasteiger partial charge in [-0.05, 0) is 19.8 Å². The van der Waals surface area contributed by atoms with Crippen LogP contribution >= 0.6 is 0 Å². The number of rotatable bonds is 2. The molecule has 1 heterocycles. The van der Waals surface area contributed by atoms with E-state index in [9.17, 15) is 0 Å². The van der Waals surface area contributed by atoms with Gasteiger partial charge in [0.25, 0.3) is 0 Å². The van der Waals surface area contributed by atoms with Crippen LogP contribution in [0.3, 0.4) is 0 Å². The highest BCUT2D eigenvalue weighted by Crippen LogP contribution is 2.35. The fourth-order valence-corrected chi connectivity index (χ4v) is 1.14. The molecule has 0 aromatic heterocycles. The van der Waals surface area contributed by atoms with Crippen LogP contribution in [0.2, 0.25) is 0 Å². The zero-order valence-electron chi connectivity index (χ0n) is 5.81. The van der Waals surface area contributed by atoms with Gasteiger partial charge < -0.3 is 10.1 Å². The molecule has 1 N–H and O–H groups in total. The Balaban J connectivity index is 1.76. The van der Waals surface area contributed by atoms with Gasteiger partial charge in [-0.1, -0.05) is 0 Å². The Morgan fingerprint density at radius 2 is 2.11 bits per heavy atom. The molecule has 2 fully saturated rings. The van der Waals surface area contributed by atoms with E-state index >= 15 is 0 Å². The third-order valence-electron chi connectivity index (χ3n) is 2.19. The Hall–Kier alpha value is -0.0800. The van der Waals surface area contributed by atoms with E-state index in [0.29, 0.717) is 11.6 Å². The van der Waals surface area contributed by atoms with E-state index in [1.807, 2.05) is 0 Å². The fraction of sp³-hybridized carbons (Fsp3) is 1.00. The molecule has 0 amide bonds. The molecule has 9 heavy (non-hydrogen) atoms. The van der Waals surface area contributed by atoms with Crippen molar-refractivity contribution in [3.8, 4) is 0 Å². The van der Waals surface area contributed by atoms with Gasteiger partial charge in [-0.25, -0.2) is 0 Å². The maximum absolute atomic E-state index is 5.05. The summed E-state index contributed by atoms with van der Waals surface area (Å²) in [6.07, 6.45) is 2.70. The average molecular weight is 127 g/mol. The third-order valence-corrected chi connectivity index (χ3v) is 2.19. The maximum atomic E-state index is 5.05. The van der Waals surface area contributed by atoms with Gasteiger partial charge in [0.05, 0.1) is 19.3 Å². The lowest BCUT2D eigenvalue weighted by atomic mass is 10.2. The van der Waals surface area contributed by atoms with Crippen molar-refractivity contribution in [1.29, 1.82) is 0 Å². The molecule has 0 aromatic rings. The minimum absolute atomic E-state index is 0.494. The quantitative estimate of drug-likeness (QED) is 0.584. The van der Waals surface area contributed by atoms with Crippen LogP contribution in [-0.2, 0) is 4.74 Å². The molecular formula is C7H13NO. The van der Waals surface area contributed by atoms with Gasteiger partial charge in [0.2, 0.25) is 0 Å². The molecule has 1 aliphatic carbocycles. The van der Waals surface area contributed by atoms with Crippen molar-refractivity contribution in [2.24, 2.45) is 0 Å². The van der Waals surface area contributed by atoms with E-state index < -0.39 is 0 Å². The minimum atomic E-state index is 0.494. The first-order valence-electron chi connectivity index (χ1n) is 3.64. The smallest absolute Gasteiger partial charge is 0.0643 e. The highest BCUT2D eigenvalue weighted by atomic mass is 16.5. The summed E-state index contributed by atoms with van der Waals surface area (Å²) in [7, 11) is 0. The molecule has 1 saturated heterocycles. The molecule has 0 aromatic carbocycles. The standard InChI is InChI=1S/C7H13NO/c1-7(2-3-7)8-6-4-9-5-6/h6,8H,2-5H2,1H3. The van der Waals surface area contributed by atoms with Crippen LogP contribution in [0.4, 0.5) is 0 Å². The molecule has 2 aliphatic rings. The Kier molecular flexibility index (Phi) is 1.08. The SMILES string of the molecule is CC1(NC2COC2)CC1. The van der Waals surface area contributed by atoms with Gasteiger partial charge in [-0.2, -0.15) is 0 Å². The maximum Gasteiger partial charge on any atom is 0.0643 e. The first-order chi connectivity index (χ1) is 4.29. The van der Waals surface area contributed by atoms with Crippen LogP contribution in [0.1, 0.15) is 19.8 Å². The largest absolute Gasteiger partial charge is 0.378 e. The van der Waals surface area contributed by atoms with E-state index in [1.165, 1.54) is 12.8 Å². The Bertz CT molecular complexity index is 116. The summed E-state index contributed by atoms with van der Waals surface area (Å²) >= 11 is 0. The molecule has 2 heteroatoms. The monoisotopic (exact) mass is 127 g/mol. The lowest BCUT2D eigenvalue weighted by molar-refractivity contribution is -0.0107. The van der Waals surface area contributed by atoms with E-state index in [1.54, 1.807) is 0 Å². The van der Waals surface area contributed by atoms with Gasteiger partial charge in [0.15, 0.2) is 0 Å². The second kappa shape index (κ2) is 1.70. The van der Waals surface area contributed by atoms with Crippen molar-refractivity contribution in [3.63, 3.8) is 0 Å². The van der Waals surface area contributed by atoms with E-state index in [0.717, 1.165) is 13.2 Å². The van der Waals surface area contributed by atoms with E-state index in [4.69, 9.17) is 4.74 Å². The summed E-state index contributed by atoms with van der Waals surface area (Å²) in [6.45, 7) is 4.14. The average Bonchev–Trinajstić information content (AvgIpc) is 2.39. The van der Waals surface area contributed by atoms with Crippen LogP contribution in [0.25, 0.3) is 0 Å². The van der Waals surface area contributed by atoms with Crippen LogP contribution in [0, 0.1) is 0 Å². The van der Waals surface area contributed by atoms with E-state index in [-0.39, 0.29) is 0 Å². The molecule has 0 atom stereocenters. The first kappa shape index (κ1) is 5.69. The van der Waals surface area contributed by atoms with Crippen molar-refractivity contribution in [2.45, 2.75) is 31.3 Å². The van der Waals surface area contributed by atoms with Crippen molar-refractivity contribution in [1.82, 2.24) is 5.32 Å². The van der Waals surface area contributed by atoms with Crippen molar-refractivity contribution in [3.05, 3.63) is 0 Å². The number of ether oxygens (including phenoxy) is 1. The fourth-order valence-electron chi connectivity index (χ4n) is 1.14. The molecule has 0 bridgehead atoms. The van der Waals surface area contributed by atoms with Gasteiger partial charge >= 0.3 is 0 Å². The van der Waals surface area contributed by atoms with Gasteiger partial charge in [-0.3, -0.25) is 0 Å². The zero-order chi connectivity index (χ0) is 6.32. The number of hydrogen-bond acceptors (Lipinski definition) is 2. The Morgan fingerprint density at radius 3 is 2.44 bits per heavy atom. The van der Waals surface area contributed by atoms with Crippen molar-refractivity contribution < 1.29 is 4.74 Å². The molecule has 2 rings (SSSR count). The predicted molar refractivity (Wildman–Crippen MR) is 35.4 cm³/mol. The Morgan fingerprint density at radius 1 is 1.44 bits per heavy atom. The zero-order valence-corrected chi connectivity index (χ0v) is 5.81. The lowest BCUT2D eigenvalue weighted by Gasteiger charge is -2.30. The summed E-state index contributed by atoms with van der Waals surface area (Å²) in [5.74, 6) is 0. The summed E-state index contributed by atoms with van der Waals surface area (Å²) in [5.41, 5.74) is 0.494. The number of nitrogens with one attached hydrogen (secondary N) is 1.